The fraction of sp³-hybridized carbons (Fsp3) is 0.200. The van der Waals surface area contributed by atoms with E-state index in [1.165, 1.54) is 0 Å². The highest BCUT2D eigenvalue weighted by atomic mass is 32.1. The SMILES string of the molecule is O=C(C#Cc1cccc2ccccc12)N1CCN(c2nccs2)CC1. The van der Waals surface area contributed by atoms with Gasteiger partial charge in [0.1, 0.15) is 0 Å². The van der Waals surface area contributed by atoms with E-state index in [0.717, 1.165) is 34.6 Å². The first kappa shape index (κ1) is 15.7. The molecule has 1 aliphatic heterocycles. The second kappa shape index (κ2) is 6.96. The molecule has 1 amide bonds. The summed E-state index contributed by atoms with van der Waals surface area (Å²) in [6, 6.07) is 14.1. The number of fused-ring (bicyclic) bond motifs is 1. The lowest BCUT2D eigenvalue weighted by Crippen LogP contribution is -2.48. The minimum Gasteiger partial charge on any atom is -0.345 e. The molecule has 124 valence electrons. The number of aromatic nitrogens is 1. The molecule has 3 aromatic rings. The zero-order valence-electron chi connectivity index (χ0n) is 13.7. The predicted molar refractivity (Wildman–Crippen MR) is 102 cm³/mol. The number of rotatable bonds is 1. The Morgan fingerprint density at radius 2 is 1.84 bits per heavy atom. The summed E-state index contributed by atoms with van der Waals surface area (Å²) in [5.41, 5.74) is 0.896. The summed E-state index contributed by atoms with van der Waals surface area (Å²) < 4.78 is 0. The fourth-order valence-electron chi connectivity index (χ4n) is 3.01. The number of anilines is 1. The lowest BCUT2D eigenvalue weighted by molar-refractivity contribution is -0.125. The van der Waals surface area contributed by atoms with E-state index in [1.54, 1.807) is 11.3 Å². The molecule has 1 saturated heterocycles. The van der Waals surface area contributed by atoms with Gasteiger partial charge in [0.15, 0.2) is 5.13 Å². The average Bonchev–Trinajstić information content (AvgIpc) is 3.21. The van der Waals surface area contributed by atoms with Gasteiger partial charge in [-0.1, -0.05) is 42.3 Å². The minimum atomic E-state index is -0.105. The van der Waals surface area contributed by atoms with Crippen LogP contribution in [0.1, 0.15) is 5.56 Å². The number of hydrogen-bond acceptors (Lipinski definition) is 4. The number of thiazole rings is 1. The highest BCUT2D eigenvalue weighted by Gasteiger charge is 2.21. The van der Waals surface area contributed by atoms with E-state index in [4.69, 9.17) is 0 Å². The average molecular weight is 347 g/mol. The molecule has 5 heteroatoms. The molecule has 0 N–H and O–H groups in total. The van der Waals surface area contributed by atoms with Gasteiger partial charge in [-0.2, -0.15) is 0 Å². The number of piperazine rings is 1. The van der Waals surface area contributed by atoms with Gasteiger partial charge in [-0.15, -0.1) is 11.3 Å². The van der Waals surface area contributed by atoms with Crippen molar-refractivity contribution in [1.29, 1.82) is 0 Å². The van der Waals surface area contributed by atoms with Crippen LogP contribution in [0.4, 0.5) is 5.13 Å². The Bertz CT molecular complexity index is 942. The fourth-order valence-corrected chi connectivity index (χ4v) is 3.70. The maximum atomic E-state index is 12.4. The lowest BCUT2D eigenvalue weighted by Gasteiger charge is -2.33. The third-order valence-electron chi connectivity index (χ3n) is 4.35. The summed E-state index contributed by atoms with van der Waals surface area (Å²) in [6.07, 6.45) is 1.81. The van der Waals surface area contributed by atoms with Gasteiger partial charge >= 0.3 is 0 Å². The van der Waals surface area contributed by atoms with Crippen LogP contribution in [0.2, 0.25) is 0 Å². The Kier molecular flexibility index (Phi) is 4.36. The van der Waals surface area contributed by atoms with Gasteiger partial charge in [-0.25, -0.2) is 4.98 Å². The van der Waals surface area contributed by atoms with Crippen LogP contribution < -0.4 is 4.90 Å². The zero-order valence-corrected chi connectivity index (χ0v) is 14.5. The van der Waals surface area contributed by atoms with E-state index in [-0.39, 0.29) is 5.91 Å². The molecule has 0 bridgehead atoms. The van der Waals surface area contributed by atoms with E-state index < -0.39 is 0 Å². The van der Waals surface area contributed by atoms with E-state index in [1.807, 2.05) is 46.8 Å². The van der Waals surface area contributed by atoms with E-state index in [9.17, 15) is 4.79 Å². The Morgan fingerprint density at radius 1 is 1.04 bits per heavy atom. The van der Waals surface area contributed by atoms with Gasteiger partial charge in [0.2, 0.25) is 0 Å². The summed E-state index contributed by atoms with van der Waals surface area (Å²) in [5, 5.41) is 5.22. The molecule has 1 aliphatic rings. The van der Waals surface area contributed by atoms with Gasteiger partial charge in [0.25, 0.3) is 5.91 Å². The Hall–Kier alpha value is -2.84. The third kappa shape index (κ3) is 3.35. The molecule has 4 nitrogen and oxygen atoms in total. The van der Waals surface area contributed by atoms with Crippen molar-refractivity contribution in [3.8, 4) is 11.8 Å². The van der Waals surface area contributed by atoms with Crippen molar-refractivity contribution < 1.29 is 4.79 Å². The smallest absolute Gasteiger partial charge is 0.298 e. The molecule has 0 unspecified atom stereocenters. The number of carbonyl (C=O) groups is 1. The molecule has 0 saturated carbocycles. The van der Waals surface area contributed by atoms with Crippen LogP contribution in [0.15, 0.2) is 54.0 Å². The van der Waals surface area contributed by atoms with E-state index in [2.05, 4.69) is 33.9 Å². The first-order valence-electron chi connectivity index (χ1n) is 8.24. The molecule has 1 aromatic heterocycles. The minimum absolute atomic E-state index is 0.105. The first-order valence-corrected chi connectivity index (χ1v) is 9.12. The molecule has 1 fully saturated rings. The monoisotopic (exact) mass is 347 g/mol. The Morgan fingerprint density at radius 3 is 2.64 bits per heavy atom. The summed E-state index contributed by atoms with van der Waals surface area (Å²) in [7, 11) is 0. The third-order valence-corrected chi connectivity index (χ3v) is 5.18. The maximum absolute atomic E-state index is 12.4. The lowest BCUT2D eigenvalue weighted by atomic mass is 10.1. The predicted octanol–water partition coefficient (Wildman–Crippen LogP) is 3.00. The number of nitrogens with zero attached hydrogens (tertiary/aromatic N) is 3. The summed E-state index contributed by atoms with van der Waals surface area (Å²) >= 11 is 1.63. The van der Waals surface area contributed by atoms with Crippen LogP contribution in [0, 0.1) is 11.8 Å². The Balaban J connectivity index is 1.45. The molecule has 4 rings (SSSR count). The number of hydrogen-bond donors (Lipinski definition) is 0. The molecule has 2 heterocycles. The number of carbonyl (C=O) groups excluding carboxylic acids is 1. The van der Waals surface area contributed by atoms with Crippen LogP contribution in [0.3, 0.4) is 0 Å². The molecule has 0 aliphatic carbocycles. The normalized spacial score (nSPS) is 14.2. The van der Waals surface area contributed by atoms with Gasteiger partial charge < -0.3 is 9.80 Å². The van der Waals surface area contributed by atoms with Crippen molar-refractivity contribution in [3.63, 3.8) is 0 Å². The molecule has 0 atom stereocenters. The van der Waals surface area contributed by atoms with Gasteiger partial charge in [-0.05, 0) is 16.8 Å². The van der Waals surface area contributed by atoms with Crippen molar-refractivity contribution in [1.82, 2.24) is 9.88 Å². The summed E-state index contributed by atoms with van der Waals surface area (Å²) in [5.74, 6) is 5.77. The second-order valence-corrected chi connectivity index (χ2v) is 6.74. The molecular weight excluding hydrogens is 330 g/mol. The summed E-state index contributed by atoms with van der Waals surface area (Å²) in [4.78, 5) is 20.8. The van der Waals surface area contributed by atoms with Crippen LogP contribution in [0.5, 0.6) is 0 Å². The molecule has 25 heavy (non-hydrogen) atoms. The van der Waals surface area contributed by atoms with Crippen molar-refractivity contribution in [2.45, 2.75) is 0 Å². The van der Waals surface area contributed by atoms with E-state index >= 15 is 0 Å². The number of amides is 1. The first-order chi connectivity index (χ1) is 12.3. The standard InChI is InChI=1S/C20H17N3OS/c24-19(22-11-13-23(14-12-22)20-21-10-15-25-20)9-8-17-6-3-5-16-4-1-2-7-18(16)17/h1-7,10,15H,11-14H2. The van der Waals surface area contributed by atoms with Crippen molar-refractivity contribution in [3.05, 3.63) is 59.6 Å². The molecule has 0 spiro atoms. The second-order valence-electron chi connectivity index (χ2n) is 5.87. The highest BCUT2D eigenvalue weighted by Crippen LogP contribution is 2.19. The van der Waals surface area contributed by atoms with Crippen molar-refractivity contribution in [2.75, 3.05) is 31.1 Å². The highest BCUT2D eigenvalue weighted by molar-refractivity contribution is 7.13. The summed E-state index contributed by atoms with van der Waals surface area (Å²) in [6.45, 7) is 2.97. The molecule has 0 radical (unpaired) electrons. The molecule has 2 aromatic carbocycles. The van der Waals surface area contributed by atoms with Gasteiger partial charge in [-0.3, -0.25) is 4.79 Å². The van der Waals surface area contributed by atoms with Crippen molar-refractivity contribution in [2.24, 2.45) is 0 Å². The van der Waals surface area contributed by atoms with Crippen LogP contribution in [-0.2, 0) is 4.79 Å². The quantitative estimate of drug-likeness (QED) is 0.635. The van der Waals surface area contributed by atoms with Crippen LogP contribution in [-0.4, -0.2) is 42.0 Å². The maximum Gasteiger partial charge on any atom is 0.298 e. The zero-order chi connectivity index (χ0) is 17.1. The topological polar surface area (TPSA) is 36.4 Å². The Labute approximate surface area is 150 Å². The number of benzene rings is 2. The van der Waals surface area contributed by atoms with Crippen LogP contribution >= 0.6 is 11.3 Å². The van der Waals surface area contributed by atoms with Gasteiger partial charge in [0, 0.05) is 49.2 Å². The largest absolute Gasteiger partial charge is 0.345 e. The van der Waals surface area contributed by atoms with Gasteiger partial charge in [0.05, 0.1) is 0 Å². The van der Waals surface area contributed by atoms with E-state index in [0.29, 0.717) is 13.1 Å². The van der Waals surface area contributed by atoms with Crippen LogP contribution in [0.25, 0.3) is 10.8 Å². The van der Waals surface area contributed by atoms with Crippen molar-refractivity contribution >= 4 is 33.1 Å². The molecular formula is C20H17N3OS.